The van der Waals surface area contributed by atoms with Crippen molar-refractivity contribution in [1.29, 1.82) is 0 Å². The Morgan fingerprint density at radius 1 is 0.840 bits per heavy atom. The van der Waals surface area contributed by atoms with Crippen molar-refractivity contribution in [1.82, 2.24) is 0 Å². The second-order valence-corrected chi connectivity index (χ2v) is 5.23. The molecule has 0 aliphatic heterocycles. The molecule has 0 bridgehead atoms. The zero-order chi connectivity index (χ0) is 18.2. The van der Waals surface area contributed by atoms with Crippen LogP contribution in [0.3, 0.4) is 0 Å². The van der Waals surface area contributed by atoms with Crippen molar-refractivity contribution in [2.75, 3.05) is 36.7 Å². The summed E-state index contributed by atoms with van der Waals surface area (Å²) in [4.78, 5) is 23.0. The lowest BCUT2D eigenvalue weighted by atomic mass is 10.2. The Kier molecular flexibility index (Phi) is 6.22. The Bertz CT molecular complexity index is 744. The molecule has 0 spiro atoms. The minimum atomic E-state index is -0.193. The Morgan fingerprint density at radius 2 is 1.40 bits per heavy atom. The number of carbonyl (C=O) groups is 2. The van der Waals surface area contributed by atoms with Crippen molar-refractivity contribution < 1.29 is 19.1 Å². The van der Waals surface area contributed by atoms with Crippen LogP contribution in [0, 0.1) is 0 Å². The molecule has 0 atom stereocenters. The summed E-state index contributed by atoms with van der Waals surface area (Å²) in [5.74, 6) is 0.871. The molecule has 132 valence electrons. The fourth-order valence-electron chi connectivity index (χ4n) is 2.17. The molecule has 2 amide bonds. The Morgan fingerprint density at radius 3 is 1.96 bits per heavy atom. The minimum absolute atomic E-state index is 0.100. The number of methoxy groups -OCH3 is 2. The van der Waals surface area contributed by atoms with Crippen molar-refractivity contribution in [3.63, 3.8) is 0 Å². The fourth-order valence-corrected chi connectivity index (χ4v) is 2.17. The van der Waals surface area contributed by atoms with E-state index in [1.54, 1.807) is 56.7 Å². The zero-order valence-electron chi connectivity index (χ0n) is 14.4. The third-order valence-electron chi connectivity index (χ3n) is 3.33. The Labute approximate surface area is 146 Å². The van der Waals surface area contributed by atoms with Crippen LogP contribution >= 0.6 is 0 Å². The minimum Gasteiger partial charge on any atom is -0.493 e. The van der Waals surface area contributed by atoms with Crippen LogP contribution < -0.4 is 25.4 Å². The molecule has 0 aromatic heterocycles. The lowest BCUT2D eigenvalue weighted by molar-refractivity contribution is -0.115. The third kappa shape index (κ3) is 5.42. The molecule has 2 aromatic rings. The maximum absolute atomic E-state index is 12.0. The van der Waals surface area contributed by atoms with Crippen molar-refractivity contribution in [2.24, 2.45) is 0 Å². The van der Waals surface area contributed by atoms with Gasteiger partial charge in [0.2, 0.25) is 11.8 Å². The predicted molar refractivity (Wildman–Crippen MR) is 97.4 cm³/mol. The molecular formula is C18H21N3O4. The highest BCUT2D eigenvalue weighted by atomic mass is 16.5. The summed E-state index contributed by atoms with van der Waals surface area (Å²) in [6, 6.07) is 12.2. The van der Waals surface area contributed by atoms with Crippen LogP contribution in [-0.4, -0.2) is 32.6 Å². The van der Waals surface area contributed by atoms with Gasteiger partial charge in [-0.05, 0) is 36.4 Å². The van der Waals surface area contributed by atoms with Crippen LogP contribution in [0.4, 0.5) is 17.1 Å². The molecule has 0 saturated carbocycles. The molecule has 0 aliphatic rings. The van der Waals surface area contributed by atoms with Crippen molar-refractivity contribution in [3.05, 3.63) is 42.5 Å². The lowest BCUT2D eigenvalue weighted by Gasteiger charge is -2.11. The van der Waals surface area contributed by atoms with Gasteiger partial charge in [0, 0.05) is 30.1 Å². The van der Waals surface area contributed by atoms with E-state index < -0.39 is 0 Å². The molecule has 3 N–H and O–H groups in total. The number of anilines is 3. The van der Waals surface area contributed by atoms with Gasteiger partial charge in [0.1, 0.15) is 0 Å². The average molecular weight is 343 g/mol. The summed E-state index contributed by atoms with van der Waals surface area (Å²) in [5, 5.41) is 8.46. The molecule has 0 radical (unpaired) electrons. The van der Waals surface area contributed by atoms with Crippen molar-refractivity contribution >= 4 is 28.9 Å². The van der Waals surface area contributed by atoms with Crippen LogP contribution in [0.5, 0.6) is 11.5 Å². The molecule has 2 aromatic carbocycles. The first-order chi connectivity index (χ1) is 12.0. The van der Waals surface area contributed by atoms with E-state index in [9.17, 15) is 9.59 Å². The largest absolute Gasteiger partial charge is 0.493 e. The number of hydrogen-bond acceptors (Lipinski definition) is 5. The first-order valence-electron chi connectivity index (χ1n) is 7.65. The number of carbonyl (C=O) groups excluding carboxylic acids is 2. The van der Waals surface area contributed by atoms with Crippen molar-refractivity contribution in [3.8, 4) is 11.5 Å². The molecule has 25 heavy (non-hydrogen) atoms. The van der Waals surface area contributed by atoms with Gasteiger partial charge in [0.15, 0.2) is 11.5 Å². The van der Waals surface area contributed by atoms with E-state index in [-0.39, 0.29) is 18.4 Å². The number of rotatable bonds is 7. The van der Waals surface area contributed by atoms with Gasteiger partial charge in [-0.15, -0.1) is 0 Å². The van der Waals surface area contributed by atoms with Crippen LogP contribution in [0.25, 0.3) is 0 Å². The molecule has 7 nitrogen and oxygen atoms in total. The molecule has 0 unspecified atom stereocenters. The van der Waals surface area contributed by atoms with Crippen LogP contribution in [0.15, 0.2) is 42.5 Å². The number of benzene rings is 2. The van der Waals surface area contributed by atoms with Gasteiger partial charge in [-0.3, -0.25) is 9.59 Å². The smallest absolute Gasteiger partial charge is 0.243 e. The fraction of sp³-hybridized carbons (Fsp3) is 0.222. The summed E-state index contributed by atoms with van der Waals surface area (Å²) in [6.45, 7) is 1.54. The van der Waals surface area contributed by atoms with Gasteiger partial charge < -0.3 is 25.4 Å². The summed E-state index contributed by atoms with van der Waals surface area (Å²) in [7, 11) is 3.12. The number of amides is 2. The van der Waals surface area contributed by atoms with E-state index in [0.29, 0.717) is 22.9 Å². The third-order valence-corrected chi connectivity index (χ3v) is 3.33. The second-order valence-electron chi connectivity index (χ2n) is 5.23. The molecular weight excluding hydrogens is 322 g/mol. The number of ether oxygens (including phenoxy) is 2. The highest BCUT2D eigenvalue weighted by Gasteiger charge is 2.06. The van der Waals surface area contributed by atoms with Crippen LogP contribution in [0.1, 0.15) is 6.92 Å². The van der Waals surface area contributed by atoms with Gasteiger partial charge >= 0.3 is 0 Å². The lowest BCUT2D eigenvalue weighted by Crippen LogP contribution is -2.21. The highest BCUT2D eigenvalue weighted by Crippen LogP contribution is 2.29. The van der Waals surface area contributed by atoms with Gasteiger partial charge in [-0.1, -0.05) is 0 Å². The SMILES string of the molecule is COc1ccc(NCC(=O)Nc2ccc(NC(C)=O)cc2)cc1OC. The van der Waals surface area contributed by atoms with Gasteiger partial charge in [-0.25, -0.2) is 0 Å². The topological polar surface area (TPSA) is 88.7 Å². The van der Waals surface area contributed by atoms with Crippen molar-refractivity contribution in [2.45, 2.75) is 6.92 Å². The number of hydrogen-bond donors (Lipinski definition) is 3. The van der Waals surface area contributed by atoms with E-state index >= 15 is 0 Å². The van der Waals surface area contributed by atoms with Crippen LogP contribution in [-0.2, 0) is 9.59 Å². The maximum atomic E-state index is 12.0. The summed E-state index contributed by atoms with van der Waals surface area (Å²) >= 11 is 0. The summed E-state index contributed by atoms with van der Waals surface area (Å²) < 4.78 is 10.4. The predicted octanol–water partition coefficient (Wildman–Crippen LogP) is 2.71. The number of nitrogens with one attached hydrogen (secondary N) is 3. The molecule has 0 heterocycles. The molecule has 0 saturated heterocycles. The Balaban J connectivity index is 1.89. The Hall–Kier alpha value is -3.22. The molecule has 0 aliphatic carbocycles. The van der Waals surface area contributed by atoms with E-state index in [4.69, 9.17) is 9.47 Å². The maximum Gasteiger partial charge on any atom is 0.243 e. The first kappa shape index (κ1) is 18.1. The summed E-state index contributed by atoms with van der Waals surface area (Å²) in [5.41, 5.74) is 2.07. The molecule has 7 heteroatoms. The second kappa shape index (κ2) is 8.58. The van der Waals surface area contributed by atoms with E-state index in [1.807, 2.05) is 0 Å². The normalized spacial score (nSPS) is 9.88. The van der Waals surface area contributed by atoms with E-state index in [1.165, 1.54) is 6.92 Å². The van der Waals surface area contributed by atoms with Crippen LogP contribution in [0.2, 0.25) is 0 Å². The quantitative estimate of drug-likeness (QED) is 0.719. The standard InChI is InChI=1S/C18H21N3O4/c1-12(22)20-13-4-6-14(7-5-13)21-18(23)11-19-15-8-9-16(24-2)17(10-15)25-3/h4-10,19H,11H2,1-3H3,(H,20,22)(H,21,23). The van der Waals surface area contributed by atoms with E-state index in [2.05, 4.69) is 16.0 Å². The monoisotopic (exact) mass is 343 g/mol. The van der Waals surface area contributed by atoms with Gasteiger partial charge in [-0.2, -0.15) is 0 Å². The average Bonchev–Trinajstić information content (AvgIpc) is 2.61. The summed E-state index contributed by atoms with van der Waals surface area (Å²) in [6.07, 6.45) is 0. The molecule has 2 rings (SSSR count). The van der Waals surface area contributed by atoms with Gasteiger partial charge in [0.05, 0.1) is 20.8 Å². The van der Waals surface area contributed by atoms with E-state index in [0.717, 1.165) is 5.69 Å². The highest BCUT2D eigenvalue weighted by molar-refractivity contribution is 5.94. The molecule has 0 fully saturated rings. The first-order valence-corrected chi connectivity index (χ1v) is 7.65. The van der Waals surface area contributed by atoms with Gasteiger partial charge in [0.25, 0.3) is 0 Å². The zero-order valence-corrected chi connectivity index (χ0v) is 14.4.